The predicted octanol–water partition coefficient (Wildman–Crippen LogP) is 3.07. The fourth-order valence-electron chi connectivity index (χ4n) is 2.59. The number of nitrogens with one attached hydrogen (secondary N) is 1. The van der Waals surface area contributed by atoms with Crippen LogP contribution in [0.1, 0.15) is 20.3 Å². The summed E-state index contributed by atoms with van der Waals surface area (Å²) in [5.74, 6) is -4.95. The summed E-state index contributed by atoms with van der Waals surface area (Å²) in [5, 5.41) is 3.24. The Hall–Kier alpha value is -1.30. The number of nitrogens with zero attached hydrogens (tertiary/aromatic N) is 1. The van der Waals surface area contributed by atoms with Crippen LogP contribution in [0, 0.1) is 29.2 Å². The van der Waals surface area contributed by atoms with Gasteiger partial charge in [-0.25, -0.2) is 17.6 Å². The smallest absolute Gasteiger partial charge is 0.185 e. The second kappa shape index (κ2) is 5.99. The molecule has 1 aliphatic rings. The van der Waals surface area contributed by atoms with Gasteiger partial charge in [-0.2, -0.15) is 0 Å². The third-order valence-corrected chi connectivity index (χ3v) is 3.42. The minimum absolute atomic E-state index is 0.0499. The van der Waals surface area contributed by atoms with Crippen LogP contribution in [-0.2, 0) is 0 Å². The van der Waals surface area contributed by atoms with Crippen molar-refractivity contribution in [1.82, 2.24) is 5.32 Å². The number of rotatable bonds is 3. The molecule has 1 aromatic carbocycles. The third kappa shape index (κ3) is 3.06. The zero-order valence-corrected chi connectivity index (χ0v) is 11.5. The van der Waals surface area contributed by atoms with Gasteiger partial charge in [0.15, 0.2) is 23.3 Å². The number of benzene rings is 1. The van der Waals surface area contributed by atoms with Crippen molar-refractivity contribution in [3.63, 3.8) is 0 Å². The van der Waals surface area contributed by atoms with E-state index in [4.69, 9.17) is 0 Å². The van der Waals surface area contributed by atoms with Crippen LogP contribution in [0.15, 0.2) is 6.07 Å². The van der Waals surface area contributed by atoms with E-state index < -0.39 is 29.0 Å². The normalized spacial score (nSPS) is 19.8. The monoisotopic (exact) mass is 290 g/mol. The highest BCUT2D eigenvalue weighted by Crippen LogP contribution is 2.29. The Kier molecular flexibility index (Phi) is 4.52. The first-order chi connectivity index (χ1) is 9.40. The van der Waals surface area contributed by atoms with Crippen molar-refractivity contribution in [2.75, 3.05) is 24.5 Å². The van der Waals surface area contributed by atoms with Crippen molar-refractivity contribution in [1.29, 1.82) is 0 Å². The molecule has 1 atom stereocenters. The lowest BCUT2D eigenvalue weighted by Gasteiger charge is -2.36. The van der Waals surface area contributed by atoms with Crippen LogP contribution in [0.5, 0.6) is 0 Å². The number of anilines is 1. The van der Waals surface area contributed by atoms with E-state index in [0.29, 0.717) is 25.6 Å². The van der Waals surface area contributed by atoms with E-state index in [0.717, 1.165) is 6.42 Å². The summed E-state index contributed by atoms with van der Waals surface area (Å²) in [6, 6.07) is 0.288. The lowest BCUT2D eigenvalue weighted by molar-refractivity contribution is 0.378. The molecule has 1 aliphatic heterocycles. The van der Waals surface area contributed by atoms with E-state index in [-0.39, 0.29) is 12.1 Å². The summed E-state index contributed by atoms with van der Waals surface area (Å²) in [4.78, 5) is 1.38. The molecule has 0 amide bonds. The Morgan fingerprint density at radius 2 is 1.80 bits per heavy atom. The van der Waals surface area contributed by atoms with Crippen LogP contribution in [0.4, 0.5) is 23.2 Å². The maximum absolute atomic E-state index is 13.8. The molecule has 6 heteroatoms. The summed E-state index contributed by atoms with van der Waals surface area (Å²) >= 11 is 0. The molecule has 0 radical (unpaired) electrons. The first-order valence-electron chi connectivity index (χ1n) is 6.71. The fourth-order valence-corrected chi connectivity index (χ4v) is 2.59. The van der Waals surface area contributed by atoms with Crippen molar-refractivity contribution in [3.05, 3.63) is 29.3 Å². The van der Waals surface area contributed by atoms with E-state index in [1.165, 1.54) is 4.90 Å². The molecule has 1 aromatic rings. The van der Waals surface area contributed by atoms with Crippen molar-refractivity contribution in [2.24, 2.45) is 5.92 Å². The molecular weight excluding hydrogens is 272 g/mol. The Labute approximate surface area is 115 Å². The number of hydrogen-bond donors (Lipinski definition) is 1. The molecular formula is C14H18F4N2. The number of piperazine rings is 1. The summed E-state index contributed by atoms with van der Waals surface area (Å²) in [7, 11) is 0. The van der Waals surface area contributed by atoms with E-state index in [9.17, 15) is 17.6 Å². The fraction of sp³-hybridized carbons (Fsp3) is 0.571. The van der Waals surface area contributed by atoms with Gasteiger partial charge in [0.25, 0.3) is 0 Å². The van der Waals surface area contributed by atoms with E-state index in [2.05, 4.69) is 5.32 Å². The van der Waals surface area contributed by atoms with Gasteiger partial charge in [0, 0.05) is 31.7 Å². The molecule has 0 aromatic heterocycles. The quantitative estimate of drug-likeness (QED) is 0.680. The van der Waals surface area contributed by atoms with Gasteiger partial charge >= 0.3 is 0 Å². The average molecular weight is 290 g/mol. The van der Waals surface area contributed by atoms with Gasteiger partial charge < -0.3 is 10.2 Å². The van der Waals surface area contributed by atoms with Crippen molar-refractivity contribution < 1.29 is 17.6 Å². The minimum atomic E-state index is -1.36. The maximum Gasteiger partial charge on any atom is 0.185 e. The van der Waals surface area contributed by atoms with Gasteiger partial charge in [-0.1, -0.05) is 13.8 Å². The second-order valence-corrected chi connectivity index (χ2v) is 5.54. The minimum Gasteiger partial charge on any atom is -0.364 e. The van der Waals surface area contributed by atoms with Crippen LogP contribution in [0.2, 0.25) is 0 Å². The molecule has 0 saturated carbocycles. The summed E-state index contributed by atoms with van der Waals surface area (Å²) in [5.41, 5.74) is -0.599. The van der Waals surface area contributed by atoms with Crippen molar-refractivity contribution in [3.8, 4) is 0 Å². The molecule has 2 nitrogen and oxygen atoms in total. The van der Waals surface area contributed by atoms with E-state index in [1.807, 2.05) is 13.8 Å². The molecule has 1 unspecified atom stereocenters. The third-order valence-electron chi connectivity index (χ3n) is 3.42. The first kappa shape index (κ1) is 15.1. The Bertz CT molecular complexity index is 464. The van der Waals surface area contributed by atoms with Gasteiger partial charge in [-0.3, -0.25) is 0 Å². The Morgan fingerprint density at radius 3 is 2.35 bits per heavy atom. The van der Waals surface area contributed by atoms with Gasteiger partial charge in [0.1, 0.15) is 5.69 Å². The molecule has 112 valence electrons. The van der Waals surface area contributed by atoms with Crippen LogP contribution < -0.4 is 10.2 Å². The summed E-state index contributed by atoms with van der Waals surface area (Å²) < 4.78 is 54.1. The molecule has 2 rings (SSSR count). The van der Waals surface area contributed by atoms with Gasteiger partial charge in [0.2, 0.25) is 0 Å². The van der Waals surface area contributed by atoms with Crippen LogP contribution >= 0.6 is 0 Å². The zero-order chi connectivity index (χ0) is 14.9. The Balaban J connectivity index is 2.27. The molecule has 1 saturated heterocycles. The van der Waals surface area contributed by atoms with Gasteiger partial charge in [0.05, 0.1) is 0 Å². The van der Waals surface area contributed by atoms with E-state index >= 15 is 0 Å². The lowest BCUT2D eigenvalue weighted by atomic mass is 10.0. The van der Waals surface area contributed by atoms with Crippen LogP contribution in [0.25, 0.3) is 0 Å². The van der Waals surface area contributed by atoms with E-state index in [1.54, 1.807) is 0 Å². The standard InChI is InChI=1S/C14H18F4N2/c1-8(2)5-9-7-20(4-3-19-9)14-12(17)10(15)6-11(16)13(14)18/h6,8-9,19H,3-5,7H2,1-2H3. The van der Waals surface area contributed by atoms with Gasteiger partial charge in [-0.15, -0.1) is 0 Å². The van der Waals surface area contributed by atoms with Gasteiger partial charge in [-0.05, 0) is 12.3 Å². The SMILES string of the molecule is CC(C)CC1CN(c2c(F)c(F)cc(F)c2F)CCN1. The maximum atomic E-state index is 13.8. The highest BCUT2D eigenvalue weighted by atomic mass is 19.2. The molecule has 1 fully saturated rings. The summed E-state index contributed by atoms with van der Waals surface area (Å²) in [6.07, 6.45) is 0.831. The van der Waals surface area contributed by atoms with Crippen molar-refractivity contribution in [2.45, 2.75) is 26.3 Å². The van der Waals surface area contributed by atoms with Crippen LogP contribution in [-0.4, -0.2) is 25.7 Å². The highest BCUT2D eigenvalue weighted by molar-refractivity contribution is 5.50. The number of halogens is 4. The second-order valence-electron chi connectivity index (χ2n) is 5.54. The molecule has 0 bridgehead atoms. The molecule has 20 heavy (non-hydrogen) atoms. The largest absolute Gasteiger partial charge is 0.364 e. The lowest BCUT2D eigenvalue weighted by Crippen LogP contribution is -2.51. The Morgan fingerprint density at radius 1 is 1.20 bits per heavy atom. The number of hydrogen-bond acceptors (Lipinski definition) is 2. The molecule has 1 N–H and O–H groups in total. The molecule has 0 aliphatic carbocycles. The predicted molar refractivity (Wildman–Crippen MR) is 69.7 cm³/mol. The first-order valence-corrected chi connectivity index (χ1v) is 6.71. The molecule has 1 heterocycles. The highest BCUT2D eigenvalue weighted by Gasteiger charge is 2.28. The average Bonchev–Trinajstić information content (AvgIpc) is 2.36. The van der Waals surface area contributed by atoms with Crippen molar-refractivity contribution >= 4 is 5.69 Å². The van der Waals surface area contributed by atoms with Crippen LogP contribution in [0.3, 0.4) is 0 Å². The summed E-state index contributed by atoms with van der Waals surface area (Å²) in [6.45, 7) is 5.25. The molecule has 0 spiro atoms. The zero-order valence-electron chi connectivity index (χ0n) is 11.5. The topological polar surface area (TPSA) is 15.3 Å².